The van der Waals surface area contributed by atoms with E-state index in [-0.39, 0.29) is 17.6 Å². The number of rotatable bonds is 5. The summed E-state index contributed by atoms with van der Waals surface area (Å²) < 4.78 is 26.8. The predicted octanol–water partition coefficient (Wildman–Crippen LogP) is 3.07. The molecule has 2 aromatic heterocycles. The number of hydrogen-bond acceptors (Lipinski definition) is 5. The van der Waals surface area contributed by atoms with Crippen LogP contribution in [0.3, 0.4) is 0 Å². The summed E-state index contributed by atoms with van der Waals surface area (Å²) in [5.74, 6) is -1.23. The SMILES string of the molecule is CNc1nc(NCC(C)c2nccs2)c(F)cc1F. The summed E-state index contributed by atoms with van der Waals surface area (Å²) in [7, 11) is 1.53. The van der Waals surface area contributed by atoms with Gasteiger partial charge in [0.15, 0.2) is 23.3 Å². The summed E-state index contributed by atoms with van der Waals surface area (Å²) in [4.78, 5) is 8.05. The number of thiazole rings is 1. The fourth-order valence-corrected chi connectivity index (χ4v) is 2.28. The maximum Gasteiger partial charge on any atom is 0.168 e. The summed E-state index contributed by atoms with van der Waals surface area (Å²) in [5, 5.41) is 8.30. The summed E-state index contributed by atoms with van der Waals surface area (Å²) in [6, 6.07) is 0.815. The smallest absolute Gasteiger partial charge is 0.168 e. The molecule has 2 rings (SSSR count). The first-order valence-corrected chi connectivity index (χ1v) is 6.66. The van der Waals surface area contributed by atoms with Gasteiger partial charge in [-0.25, -0.2) is 18.7 Å². The quantitative estimate of drug-likeness (QED) is 0.886. The number of aromatic nitrogens is 2. The molecule has 102 valence electrons. The van der Waals surface area contributed by atoms with Crippen molar-refractivity contribution in [1.29, 1.82) is 0 Å². The highest BCUT2D eigenvalue weighted by Crippen LogP contribution is 2.21. The molecule has 0 saturated heterocycles. The van der Waals surface area contributed by atoms with Gasteiger partial charge in [0.05, 0.1) is 5.01 Å². The molecule has 0 bridgehead atoms. The first kappa shape index (κ1) is 13.7. The van der Waals surface area contributed by atoms with Gasteiger partial charge in [0, 0.05) is 37.2 Å². The minimum absolute atomic E-state index is 0.0193. The molecule has 0 amide bonds. The lowest BCUT2D eigenvalue weighted by molar-refractivity contribution is 0.578. The van der Waals surface area contributed by atoms with Gasteiger partial charge in [0.25, 0.3) is 0 Å². The molecular weight excluding hydrogens is 270 g/mol. The lowest BCUT2D eigenvalue weighted by Gasteiger charge is -2.12. The van der Waals surface area contributed by atoms with E-state index in [1.54, 1.807) is 17.5 Å². The van der Waals surface area contributed by atoms with Crippen molar-refractivity contribution in [2.45, 2.75) is 12.8 Å². The van der Waals surface area contributed by atoms with Crippen LogP contribution < -0.4 is 10.6 Å². The van der Waals surface area contributed by atoms with E-state index in [2.05, 4.69) is 20.6 Å². The normalized spacial score (nSPS) is 12.2. The van der Waals surface area contributed by atoms with Crippen molar-refractivity contribution in [3.05, 3.63) is 34.3 Å². The summed E-state index contributed by atoms with van der Waals surface area (Å²) in [5.41, 5.74) is 0. The van der Waals surface area contributed by atoms with Gasteiger partial charge < -0.3 is 10.6 Å². The van der Waals surface area contributed by atoms with E-state index in [0.29, 0.717) is 6.54 Å². The zero-order chi connectivity index (χ0) is 13.8. The van der Waals surface area contributed by atoms with E-state index in [0.717, 1.165) is 11.1 Å². The molecule has 0 aliphatic heterocycles. The van der Waals surface area contributed by atoms with Crippen molar-refractivity contribution in [2.75, 3.05) is 24.2 Å². The second-order valence-corrected chi connectivity index (χ2v) is 4.98. The molecule has 7 heteroatoms. The zero-order valence-corrected chi connectivity index (χ0v) is 11.4. The number of halogens is 2. The number of hydrogen-bond donors (Lipinski definition) is 2. The van der Waals surface area contributed by atoms with E-state index in [1.165, 1.54) is 7.05 Å². The molecule has 2 heterocycles. The van der Waals surface area contributed by atoms with Crippen LogP contribution in [0.1, 0.15) is 17.8 Å². The van der Waals surface area contributed by atoms with Crippen LogP contribution >= 0.6 is 11.3 Å². The van der Waals surface area contributed by atoms with Crippen molar-refractivity contribution in [3.8, 4) is 0 Å². The van der Waals surface area contributed by atoms with Crippen LogP contribution in [0.25, 0.3) is 0 Å². The third-order valence-corrected chi connectivity index (χ3v) is 3.62. The minimum atomic E-state index is -0.710. The van der Waals surface area contributed by atoms with Crippen molar-refractivity contribution >= 4 is 23.0 Å². The van der Waals surface area contributed by atoms with Crippen LogP contribution in [0.4, 0.5) is 20.4 Å². The van der Waals surface area contributed by atoms with Crippen LogP contribution in [-0.4, -0.2) is 23.6 Å². The topological polar surface area (TPSA) is 49.8 Å². The third kappa shape index (κ3) is 3.17. The minimum Gasteiger partial charge on any atom is -0.371 e. The van der Waals surface area contributed by atoms with Gasteiger partial charge >= 0.3 is 0 Å². The van der Waals surface area contributed by atoms with Gasteiger partial charge in [-0.3, -0.25) is 0 Å². The lowest BCUT2D eigenvalue weighted by Crippen LogP contribution is -2.13. The monoisotopic (exact) mass is 284 g/mol. The van der Waals surface area contributed by atoms with Crippen molar-refractivity contribution in [2.24, 2.45) is 0 Å². The Morgan fingerprint density at radius 1 is 1.32 bits per heavy atom. The molecule has 1 unspecified atom stereocenters. The molecule has 0 fully saturated rings. The van der Waals surface area contributed by atoms with Crippen LogP contribution in [0.2, 0.25) is 0 Å². The third-order valence-electron chi connectivity index (χ3n) is 2.61. The van der Waals surface area contributed by atoms with Crippen LogP contribution in [0, 0.1) is 11.6 Å². The molecule has 19 heavy (non-hydrogen) atoms. The molecular formula is C12H14F2N4S. The van der Waals surface area contributed by atoms with E-state index < -0.39 is 11.6 Å². The highest BCUT2D eigenvalue weighted by atomic mass is 32.1. The van der Waals surface area contributed by atoms with Crippen LogP contribution in [0.15, 0.2) is 17.6 Å². The Hall–Kier alpha value is -1.76. The maximum absolute atomic E-state index is 13.6. The number of pyridine rings is 1. The first-order valence-electron chi connectivity index (χ1n) is 5.79. The van der Waals surface area contributed by atoms with Crippen molar-refractivity contribution in [3.63, 3.8) is 0 Å². The lowest BCUT2D eigenvalue weighted by atomic mass is 10.2. The second-order valence-electron chi connectivity index (χ2n) is 4.05. The molecule has 0 saturated carbocycles. The Bertz CT molecular complexity index is 545. The van der Waals surface area contributed by atoms with Gasteiger partial charge in [0.1, 0.15) is 0 Å². The molecule has 0 aromatic carbocycles. The van der Waals surface area contributed by atoms with Crippen molar-refractivity contribution < 1.29 is 8.78 Å². The Balaban J connectivity index is 2.07. The van der Waals surface area contributed by atoms with Gasteiger partial charge in [0.2, 0.25) is 0 Å². The molecule has 0 radical (unpaired) electrons. The summed E-state index contributed by atoms with van der Waals surface area (Å²) in [6.45, 7) is 2.46. The average Bonchev–Trinajstić information content (AvgIpc) is 2.91. The molecule has 0 spiro atoms. The zero-order valence-electron chi connectivity index (χ0n) is 10.6. The number of nitrogens with zero attached hydrogens (tertiary/aromatic N) is 2. The fourth-order valence-electron chi connectivity index (χ4n) is 1.58. The Morgan fingerprint density at radius 3 is 2.68 bits per heavy atom. The molecule has 2 N–H and O–H groups in total. The van der Waals surface area contributed by atoms with Crippen molar-refractivity contribution in [1.82, 2.24) is 9.97 Å². The highest BCUT2D eigenvalue weighted by Gasteiger charge is 2.13. The van der Waals surface area contributed by atoms with E-state index >= 15 is 0 Å². The Morgan fingerprint density at radius 2 is 2.05 bits per heavy atom. The fraction of sp³-hybridized carbons (Fsp3) is 0.333. The summed E-state index contributed by atoms with van der Waals surface area (Å²) >= 11 is 1.54. The summed E-state index contributed by atoms with van der Waals surface area (Å²) in [6.07, 6.45) is 1.73. The first-order chi connectivity index (χ1) is 9.11. The highest BCUT2D eigenvalue weighted by molar-refractivity contribution is 7.09. The predicted molar refractivity (Wildman–Crippen MR) is 72.7 cm³/mol. The molecule has 0 aliphatic rings. The van der Waals surface area contributed by atoms with E-state index in [1.807, 2.05) is 12.3 Å². The Kier molecular flexibility index (Phi) is 4.26. The van der Waals surface area contributed by atoms with Crippen LogP contribution in [-0.2, 0) is 0 Å². The molecule has 2 aromatic rings. The number of anilines is 2. The van der Waals surface area contributed by atoms with Crippen LogP contribution in [0.5, 0.6) is 0 Å². The van der Waals surface area contributed by atoms with E-state index in [4.69, 9.17) is 0 Å². The Labute approximate surface area is 113 Å². The van der Waals surface area contributed by atoms with Gasteiger partial charge in [-0.05, 0) is 0 Å². The van der Waals surface area contributed by atoms with E-state index in [9.17, 15) is 8.78 Å². The number of nitrogens with one attached hydrogen (secondary N) is 2. The largest absolute Gasteiger partial charge is 0.371 e. The standard InChI is InChI=1S/C12H14F2N4S/c1-7(12-16-3-4-19-12)6-17-11-9(14)5-8(13)10(15-2)18-11/h3-5,7H,6H2,1-2H3,(H2,15,17,18). The molecule has 4 nitrogen and oxygen atoms in total. The maximum atomic E-state index is 13.6. The van der Waals surface area contributed by atoms with Gasteiger partial charge in [-0.1, -0.05) is 6.92 Å². The second kappa shape index (κ2) is 5.92. The average molecular weight is 284 g/mol. The molecule has 0 aliphatic carbocycles. The van der Waals surface area contributed by atoms with Gasteiger partial charge in [-0.15, -0.1) is 11.3 Å². The van der Waals surface area contributed by atoms with Gasteiger partial charge in [-0.2, -0.15) is 0 Å². The molecule has 1 atom stereocenters.